The molecule has 1 aromatic rings. The van der Waals surface area contributed by atoms with E-state index in [1.54, 1.807) is 0 Å². The predicted molar refractivity (Wildman–Crippen MR) is 56.2 cm³/mol. The standard InChI is InChI=1S/C12H16N2/c1-2-9(3-1)11-5-4-10-8-13-7-6-12(10)14-11/h4-5,9,13H,1-3,6-8H2. The molecule has 0 spiro atoms. The Labute approximate surface area is 84.7 Å². The Hall–Kier alpha value is -0.890. The molecular weight excluding hydrogens is 172 g/mol. The number of rotatable bonds is 1. The third-order valence-electron chi connectivity index (χ3n) is 3.47. The molecular formula is C12H16N2. The van der Waals surface area contributed by atoms with Gasteiger partial charge in [0.2, 0.25) is 0 Å². The molecule has 1 saturated carbocycles. The summed E-state index contributed by atoms with van der Waals surface area (Å²) in [4.78, 5) is 4.80. The van der Waals surface area contributed by atoms with Crippen LogP contribution in [0.1, 0.15) is 42.1 Å². The van der Waals surface area contributed by atoms with E-state index < -0.39 is 0 Å². The SMILES string of the molecule is c1cc2c(nc1C1CCC1)CCNC2. The average Bonchev–Trinajstić information content (AvgIpc) is 2.15. The summed E-state index contributed by atoms with van der Waals surface area (Å²) in [5.41, 5.74) is 4.09. The summed E-state index contributed by atoms with van der Waals surface area (Å²) < 4.78 is 0. The van der Waals surface area contributed by atoms with E-state index in [-0.39, 0.29) is 0 Å². The van der Waals surface area contributed by atoms with Gasteiger partial charge >= 0.3 is 0 Å². The van der Waals surface area contributed by atoms with Crippen LogP contribution in [0.5, 0.6) is 0 Å². The zero-order chi connectivity index (χ0) is 9.38. The molecule has 0 saturated heterocycles. The molecule has 0 bridgehead atoms. The lowest BCUT2D eigenvalue weighted by Gasteiger charge is -2.26. The highest BCUT2D eigenvalue weighted by atomic mass is 14.9. The van der Waals surface area contributed by atoms with Crippen molar-refractivity contribution >= 4 is 0 Å². The van der Waals surface area contributed by atoms with Gasteiger partial charge in [-0.3, -0.25) is 4.98 Å². The highest BCUT2D eigenvalue weighted by molar-refractivity contribution is 5.27. The van der Waals surface area contributed by atoms with Crippen LogP contribution in [-0.4, -0.2) is 11.5 Å². The van der Waals surface area contributed by atoms with Gasteiger partial charge in [-0.2, -0.15) is 0 Å². The molecule has 14 heavy (non-hydrogen) atoms. The van der Waals surface area contributed by atoms with E-state index in [0.29, 0.717) is 0 Å². The maximum absolute atomic E-state index is 4.80. The van der Waals surface area contributed by atoms with Crippen LogP contribution in [0.4, 0.5) is 0 Å². The summed E-state index contributed by atoms with van der Waals surface area (Å²) in [7, 11) is 0. The second kappa shape index (κ2) is 3.35. The molecule has 74 valence electrons. The Balaban J connectivity index is 1.92. The normalized spacial score (nSPS) is 21.4. The van der Waals surface area contributed by atoms with Crippen LogP contribution in [0.2, 0.25) is 0 Å². The summed E-state index contributed by atoms with van der Waals surface area (Å²) in [5, 5.41) is 3.38. The van der Waals surface area contributed by atoms with Gasteiger partial charge < -0.3 is 5.32 Å². The van der Waals surface area contributed by atoms with Crippen molar-refractivity contribution in [2.45, 2.75) is 38.1 Å². The van der Waals surface area contributed by atoms with E-state index in [2.05, 4.69) is 17.4 Å². The van der Waals surface area contributed by atoms with Gasteiger partial charge in [-0.15, -0.1) is 0 Å². The van der Waals surface area contributed by atoms with Gasteiger partial charge in [0.25, 0.3) is 0 Å². The lowest BCUT2D eigenvalue weighted by molar-refractivity contribution is 0.409. The van der Waals surface area contributed by atoms with E-state index in [0.717, 1.165) is 25.4 Å². The number of pyridine rings is 1. The Bertz CT molecular complexity index is 342. The monoisotopic (exact) mass is 188 g/mol. The Morgan fingerprint density at radius 2 is 2.21 bits per heavy atom. The van der Waals surface area contributed by atoms with Crippen LogP contribution in [0, 0.1) is 0 Å². The zero-order valence-corrected chi connectivity index (χ0v) is 8.42. The first-order valence-corrected chi connectivity index (χ1v) is 5.63. The fraction of sp³-hybridized carbons (Fsp3) is 0.583. The van der Waals surface area contributed by atoms with Gasteiger partial charge in [-0.1, -0.05) is 12.5 Å². The van der Waals surface area contributed by atoms with E-state index in [1.807, 2.05) is 0 Å². The summed E-state index contributed by atoms with van der Waals surface area (Å²) >= 11 is 0. The smallest absolute Gasteiger partial charge is 0.0464 e. The molecule has 1 aromatic heterocycles. The molecule has 0 radical (unpaired) electrons. The number of hydrogen-bond acceptors (Lipinski definition) is 2. The molecule has 0 amide bonds. The van der Waals surface area contributed by atoms with Crippen molar-refractivity contribution in [1.29, 1.82) is 0 Å². The minimum Gasteiger partial charge on any atom is -0.312 e. The van der Waals surface area contributed by atoms with Gasteiger partial charge in [0.15, 0.2) is 0 Å². The third kappa shape index (κ3) is 1.34. The summed E-state index contributed by atoms with van der Waals surface area (Å²) in [6.45, 7) is 2.10. The Morgan fingerprint density at radius 3 is 3.00 bits per heavy atom. The molecule has 2 nitrogen and oxygen atoms in total. The van der Waals surface area contributed by atoms with Crippen LogP contribution in [0.15, 0.2) is 12.1 Å². The molecule has 2 heteroatoms. The maximum atomic E-state index is 4.80. The topological polar surface area (TPSA) is 24.9 Å². The molecule has 1 fully saturated rings. The molecule has 0 unspecified atom stereocenters. The van der Waals surface area contributed by atoms with Crippen molar-refractivity contribution in [2.24, 2.45) is 0 Å². The number of nitrogens with one attached hydrogen (secondary N) is 1. The molecule has 2 heterocycles. The fourth-order valence-electron chi connectivity index (χ4n) is 2.29. The van der Waals surface area contributed by atoms with E-state index >= 15 is 0 Å². The summed E-state index contributed by atoms with van der Waals surface area (Å²) in [5.74, 6) is 0.773. The van der Waals surface area contributed by atoms with Gasteiger partial charge in [0.05, 0.1) is 0 Å². The molecule has 1 aliphatic heterocycles. The Kier molecular flexibility index (Phi) is 2.02. The number of hydrogen-bond donors (Lipinski definition) is 1. The molecule has 0 atom stereocenters. The van der Waals surface area contributed by atoms with Crippen molar-refractivity contribution in [1.82, 2.24) is 10.3 Å². The van der Waals surface area contributed by atoms with Crippen LogP contribution < -0.4 is 5.32 Å². The molecule has 1 aliphatic carbocycles. The van der Waals surface area contributed by atoms with Crippen molar-refractivity contribution in [3.63, 3.8) is 0 Å². The highest BCUT2D eigenvalue weighted by Gasteiger charge is 2.22. The first-order valence-electron chi connectivity index (χ1n) is 5.63. The van der Waals surface area contributed by atoms with Gasteiger partial charge in [0, 0.05) is 36.8 Å². The van der Waals surface area contributed by atoms with E-state index in [4.69, 9.17) is 4.98 Å². The third-order valence-corrected chi connectivity index (χ3v) is 3.47. The second-order valence-electron chi connectivity index (χ2n) is 4.40. The fourth-order valence-corrected chi connectivity index (χ4v) is 2.29. The van der Waals surface area contributed by atoms with E-state index in [1.165, 1.54) is 36.2 Å². The maximum Gasteiger partial charge on any atom is 0.0464 e. The first-order chi connectivity index (χ1) is 6.93. The largest absolute Gasteiger partial charge is 0.312 e. The van der Waals surface area contributed by atoms with E-state index in [9.17, 15) is 0 Å². The lowest BCUT2D eigenvalue weighted by Crippen LogP contribution is -2.25. The lowest BCUT2D eigenvalue weighted by atomic mass is 9.82. The van der Waals surface area contributed by atoms with Crippen molar-refractivity contribution < 1.29 is 0 Å². The van der Waals surface area contributed by atoms with Crippen molar-refractivity contribution in [3.8, 4) is 0 Å². The zero-order valence-electron chi connectivity index (χ0n) is 8.42. The van der Waals surface area contributed by atoms with Crippen LogP contribution in [0.25, 0.3) is 0 Å². The molecule has 3 rings (SSSR count). The number of fused-ring (bicyclic) bond motifs is 1. The molecule has 0 aromatic carbocycles. The van der Waals surface area contributed by atoms with Gasteiger partial charge in [0.1, 0.15) is 0 Å². The van der Waals surface area contributed by atoms with Gasteiger partial charge in [-0.05, 0) is 24.5 Å². The summed E-state index contributed by atoms with van der Waals surface area (Å²) in [6.07, 6.45) is 5.20. The minimum atomic E-state index is 0.773. The van der Waals surface area contributed by atoms with Crippen LogP contribution in [-0.2, 0) is 13.0 Å². The highest BCUT2D eigenvalue weighted by Crippen LogP contribution is 2.35. The Morgan fingerprint density at radius 1 is 1.29 bits per heavy atom. The second-order valence-corrected chi connectivity index (χ2v) is 4.40. The van der Waals surface area contributed by atoms with Crippen LogP contribution >= 0.6 is 0 Å². The van der Waals surface area contributed by atoms with Crippen LogP contribution in [0.3, 0.4) is 0 Å². The quantitative estimate of drug-likeness (QED) is 0.729. The average molecular weight is 188 g/mol. The minimum absolute atomic E-state index is 0.773. The predicted octanol–water partition coefficient (Wildman–Crippen LogP) is 1.99. The van der Waals surface area contributed by atoms with Gasteiger partial charge in [-0.25, -0.2) is 0 Å². The molecule has 1 N–H and O–H groups in total. The van der Waals surface area contributed by atoms with Crippen molar-refractivity contribution in [3.05, 3.63) is 29.1 Å². The first kappa shape index (κ1) is 8.42. The summed E-state index contributed by atoms with van der Waals surface area (Å²) in [6, 6.07) is 4.50. The number of aromatic nitrogens is 1. The number of nitrogens with zero attached hydrogens (tertiary/aromatic N) is 1. The van der Waals surface area contributed by atoms with Crippen molar-refractivity contribution in [2.75, 3.05) is 6.54 Å². The molecule has 2 aliphatic rings.